The van der Waals surface area contributed by atoms with E-state index < -0.39 is 9.84 Å². The summed E-state index contributed by atoms with van der Waals surface area (Å²) < 4.78 is 28.5. The average molecular weight is 294 g/mol. The molecule has 3 rings (SSSR count). The number of amidine groups is 1. The molecular formula is C14H18N2O3S. The molecule has 2 aliphatic rings. The minimum atomic E-state index is -2.89. The molecule has 1 aromatic carbocycles. The molecule has 0 spiro atoms. The van der Waals surface area contributed by atoms with Crippen LogP contribution in [0.4, 0.5) is 0 Å². The van der Waals surface area contributed by atoms with Crippen molar-refractivity contribution in [2.75, 3.05) is 24.6 Å². The molecule has 1 atom stereocenters. The molecule has 6 heteroatoms. The van der Waals surface area contributed by atoms with Crippen LogP contribution in [0.5, 0.6) is 5.75 Å². The minimum absolute atomic E-state index is 0.128. The molecule has 2 aliphatic heterocycles. The molecule has 0 radical (unpaired) electrons. The lowest BCUT2D eigenvalue weighted by atomic mass is 10.1. The first-order valence-corrected chi connectivity index (χ1v) is 8.70. The first-order valence-electron chi connectivity index (χ1n) is 6.88. The zero-order valence-electron chi connectivity index (χ0n) is 11.2. The number of nitrogens with zero attached hydrogens (tertiary/aromatic N) is 1. The summed E-state index contributed by atoms with van der Waals surface area (Å²) in [5.74, 6) is 2.00. The molecule has 1 fully saturated rings. The Morgan fingerprint density at radius 2 is 2.05 bits per heavy atom. The van der Waals surface area contributed by atoms with Gasteiger partial charge in [0.1, 0.15) is 17.7 Å². The fourth-order valence-corrected chi connectivity index (χ4v) is 4.05. The number of hydrogen-bond donors (Lipinski definition) is 1. The Morgan fingerprint density at radius 1 is 1.25 bits per heavy atom. The van der Waals surface area contributed by atoms with Crippen LogP contribution in [0.2, 0.25) is 0 Å². The topological polar surface area (TPSA) is 67.8 Å². The second-order valence-electron chi connectivity index (χ2n) is 5.18. The summed E-state index contributed by atoms with van der Waals surface area (Å²) in [5.41, 5.74) is 1.04. The molecule has 0 aliphatic carbocycles. The van der Waals surface area contributed by atoms with Crippen molar-refractivity contribution in [2.24, 2.45) is 4.99 Å². The van der Waals surface area contributed by atoms with Crippen LogP contribution in [0.3, 0.4) is 0 Å². The molecular weight excluding hydrogens is 276 g/mol. The Kier molecular flexibility index (Phi) is 3.65. The van der Waals surface area contributed by atoms with Crippen LogP contribution in [-0.2, 0) is 9.84 Å². The van der Waals surface area contributed by atoms with Gasteiger partial charge in [0.05, 0.1) is 11.5 Å². The van der Waals surface area contributed by atoms with E-state index in [9.17, 15) is 8.42 Å². The van der Waals surface area contributed by atoms with E-state index in [1.165, 1.54) is 0 Å². The van der Waals surface area contributed by atoms with E-state index in [0.717, 1.165) is 30.9 Å². The molecule has 108 valence electrons. The van der Waals surface area contributed by atoms with Gasteiger partial charge < -0.3 is 10.1 Å². The van der Waals surface area contributed by atoms with Gasteiger partial charge >= 0.3 is 0 Å². The summed E-state index contributed by atoms with van der Waals surface area (Å²) in [6.07, 6.45) is 1.44. The number of hydrogen-bond acceptors (Lipinski definition) is 5. The van der Waals surface area contributed by atoms with E-state index in [0.29, 0.717) is 12.2 Å². The van der Waals surface area contributed by atoms with Crippen molar-refractivity contribution < 1.29 is 13.2 Å². The molecule has 0 amide bonds. The largest absolute Gasteiger partial charge is 0.489 e. The Balaban J connectivity index is 1.66. The molecule has 0 bridgehead atoms. The summed E-state index contributed by atoms with van der Waals surface area (Å²) in [4.78, 5) is 4.44. The number of ether oxygens (including phenoxy) is 1. The Labute approximate surface area is 119 Å². The van der Waals surface area contributed by atoms with Gasteiger partial charge in [-0.05, 0) is 37.1 Å². The Bertz CT molecular complexity index is 608. The first-order chi connectivity index (χ1) is 9.62. The molecule has 0 saturated carbocycles. The van der Waals surface area contributed by atoms with Gasteiger partial charge in [0.2, 0.25) is 0 Å². The summed E-state index contributed by atoms with van der Waals surface area (Å²) in [7, 11) is -2.89. The van der Waals surface area contributed by atoms with E-state index in [1.54, 1.807) is 0 Å². The highest BCUT2D eigenvalue weighted by Gasteiger charge is 2.29. The Hall–Kier alpha value is -1.56. The van der Waals surface area contributed by atoms with Gasteiger partial charge in [0, 0.05) is 18.7 Å². The van der Waals surface area contributed by atoms with Crippen LogP contribution in [-0.4, -0.2) is 45.0 Å². The quantitative estimate of drug-likeness (QED) is 0.903. The highest BCUT2D eigenvalue weighted by molar-refractivity contribution is 7.91. The molecule has 20 heavy (non-hydrogen) atoms. The van der Waals surface area contributed by atoms with Gasteiger partial charge in [-0.15, -0.1) is 0 Å². The van der Waals surface area contributed by atoms with E-state index in [1.807, 2.05) is 24.3 Å². The highest BCUT2D eigenvalue weighted by Crippen LogP contribution is 2.20. The van der Waals surface area contributed by atoms with E-state index in [-0.39, 0.29) is 17.6 Å². The molecule has 5 nitrogen and oxygen atoms in total. The van der Waals surface area contributed by atoms with Crippen molar-refractivity contribution in [1.29, 1.82) is 0 Å². The lowest BCUT2D eigenvalue weighted by molar-refractivity contribution is 0.229. The maximum atomic E-state index is 11.4. The van der Waals surface area contributed by atoms with E-state index in [4.69, 9.17) is 4.74 Å². The fourth-order valence-electron chi connectivity index (χ4n) is 2.46. The monoisotopic (exact) mass is 294 g/mol. The van der Waals surface area contributed by atoms with Crippen molar-refractivity contribution in [3.05, 3.63) is 29.8 Å². The lowest BCUT2D eigenvalue weighted by Crippen LogP contribution is -2.30. The zero-order chi connectivity index (χ0) is 14.0. The molecule has 1 aromatic rings. The third-order valence-corrected chi connectivity index (χ3v) is 5.26. The van der Waals surface area contributed by atoms with Crippen LogP contribution < -0.4 is 10.1 Å². The van der Waals surface area contributed by atoms with Crippen LogP contribution in [0.15, 0.2) is 29.3 Å². The van der Waals surface area contributed by atoms with Gasteiger partial charge in [-0.2, -0.15) is 0 Å². The van der Waals surface area contributed by atoms with E-state index in [2.05, 4.69) is 10.3 Å². The van der Waals surface area contributed by atoms with Gasteiger partial charge in [-0.3, -0.25) is 4.99 Å². The van der Waals surface area contributed by atoms with Crippen LogP contribution in [0, 0.1) is 0 Å². The number of aliphatic imine (C=N–C) groups is 1. The van der Waals surface area contributed by atoms with Crippen molar-refractivity contribution in [3.63, 3.8) is 0 Å². The third-order valence-electron chi connectivity index (χ3n) is 3.52. The first kappa shape index (κ1) is 13.4. The van der Waals surface area contributed by atoms with Crippen LogP contribution >= 0.6 is 0 Å². The Morgan fingerprint density at radius 3 is 2.65 bits per heavy atom. The molecule has 1 unspecified atom stereocenters. The predicted octanol–water partition coefficient (Wildman–Crippen LogP) is 0.992. The van der Waals surface area contributed by atoms with Crippen molar-refractivity contribution in [3.8, 4) is 5.75 Å². The fraction of sp³-hybridized carbons (Fsp3) is 0.500. The summed E-state index contributed by atoms with van der Waals surface area (Å²) >= 11 is 0. The van der Waals surface area contributed by atoms with Crippen molar-refractivity contribution in [2.45, 2.75) is 18.9 Å². The predicted molar refractivity (Wildman–Crippen MR) is 78.2 cm³/mol. The molecule has 1 saturated heterocycles. The SMILES string of the molecule is O=S1(=O)CCC(Oc2ccc(C3=NCCCN3)cc2)C1. The zero-order valence-corrected chi connectivity index (χ0v) is 12.0. The summed E-state index contributed by atoms with van der Waals surface area (Å²) in [6.45, 7) is 1.82. The smallest absolute Gasteiger partial charge is 0.154 e. The second kappa shape index (κ2) is 5.44. The van der Waals surface area contributed by atoms with E-state index >= 15 is 0 Å². The highest BCUT2D eigenvalue weighted by atomic mass is 32.2. The molecule has 0 aromatic heterocycles. The van der Waals surface area contributed by atoms with Gasteiger partial charge in [-0.1, -0.05) is 0 Å². The van der Waals surface area contributed by atoms with Gasteiger partial charge in [0.15, 0.2) is 9.84 Å². The van der Waals surface area contributed by atoms with Crippen molar-refractivity contribution >= 4 is 15.7 Å². The number of nitrogens with one attached hydrogen (secondary N) is 1. The van der Waals surface area contributed by atoms with Crippen LogP contribution in [0.25, 0.3) is 0 Å². The van der Waals surface area contributed by atoms with Crippen molar-refractivity contribution in [1.82, 2.24) is 5.32 Å². The standard InChI is InChI=1S/C14H18N2O3S/c17-20(18)9-6-13(10-20)19-12-4-2-11(3-5-12)14-15-7-1-8-16-14/h2-5,13H,1,6-10H2,(H,15,16). The minimum Gasteiger partial charge on any atom is -0.489 e. The normalized spacial score (nSPS) is 24.8. The maximum absolute atomic E-state index is 11.4. The summed E-state index contributed by atoms with van der Waals surface area (Å²) in [6, 6.07) is 7.66. The molecule has 2 heterocycles. The third kappa shape index (κ3) is 3.12. The van der Waals surface area contributed by atoms with Gasteiger partial charge in [-0.25, -0.2) is 8.42 Å². The number of sulfone groups is 1. The summed E-state index contributed by atoms with van der Waals surface area (Å²) in [5, 5.41) is 3.27. The van der Waals surface area contributed by atoms with Gasteiger partial charge in [0.25, 0.3) is 0 Å². The average Bonchev–Trinajstić information content (AvgIpc) is 2.80. The molecule has 1 N–H and O–H groups in total. The lowest BCUT2D eigenvalue weighted by Gasteiger charge is -2.16. The second-order valence-corrected chi connectivity index (χ2v) is 7.41. The number of rotatable bonds is 3. The number of benzene rings is 1. The van der Waals surface area contributed by atoms with Crippen LogP contribution in [0.1, 0.15) is 18.4 Å². The maximum Gasteiger partial charge on any atom is 0.154 e.